The highest BCUT2D eigenvalue weighted by molar-refractivity contribution is 5.86. The Morgan fingerprint density at radius 1 is 1.33 bits per heavy atom. The maximum atomic E-state index is 11.8. The zero-order valence-corrected chi connectivity index (χ0v) is 15.1. The zero-order chi connectivity index (χ0) is 19.8. The molecule has 1 atom stereocenters. The van der Waals surface area contributed by atoms with Gasteiger partial charge in [0.05, 0.1) is 11.1 Å². The highest BCUT2D eigenvalue weighted by atomic mass is 16.6. The standard InChI is InChI=1S/C19H21N3O5/c1-3-13(2)14-4-7-17(8-5-14)27-12-19(24)21-20-11-15-10-16(22(25)26)6-9-18(15)23/h4-11,13,23H,3,12H2,1-2H3,(H,21,24)/b20-11+/t13-/m1/s1. The van der Waals surface area contributed by atoms with Crippen molar-refractivity contribution in [3.63, 3.8) is 0 Å². The van der Waals surface area contributed by atoms with Crippen LogP contribution in [0.4, 0.5) is 5.69 Å². The molecule has 0 radical (unpaired) electrons. The van der Waals surface area contributed by atoms with Gasteiger partial charge in [0.25, 0.3) is 11.6 Å². The molecule has 27 heavy (non-hydrogen) atoms. The van der Waals surface area contributed by atoms with Crippen LogP contribution < -0.4 is 10.2 Å². The van der Waals surface area contributed by atoms with Gasteiger partial charge in [-0.25, -0.2) is 5.43 Å². The summed E-state index contributed by atoms with van der Waals surface area (Å²) in [6.45, 7) is 4.02. The molecule has 8 heteroatoms. The molecule has 0 saturated heterocycles. The Morgan fingerprint density at radius 2 is 2.04 bits per heavy atom. The van der Waals surface area contributed by atoms with E-state index in [-0.39, 0.29) is 23.6 Å². The Labute approximate surface area is 156 Å². The Hall–Kier alpha value is -3.42. The summed E-state index contributed by atoms with van der Waals surface area (Å²) < 4.78 is 5.39. The highest BCUT2D eigenvalue weighted by Crippen LogP contribution is 2.22. The van der Waals surface area contributed by atoms with Gasteiger partial charge in [-0.05, 0) is 36.1 Å². The van der Waals surface area contributed by atoms with Crippen LogP contribution in [-0.4, -0.2) is 28.8 Å². The number of phenols is 1. The number of carbonyl (C=O) groups excluding carboxylic acids is 1. The fourth-order valence-corrected chi connectivity index (χ4v) is 2.24. The number of nitro benzene ring substituents is 1. The third-order valence-electron chi connectivity index (χ3n) is 4.05. The molecule has 8 nitrogen and oxygen atoms in total. The number of benzene rings is 2. The number of nitrogens with zero attached hydrogens (tertiary/aromatic N) is 2. The van der Waals surface area contributed by atoms with E-state index < -0.39 is 10.8 Å². The van der Waals surface area contributed by atoms with Crippen molar-refractivity contribution >= 4 is 17.8 Å². The summed E-state index contributed by atoms with van der Waals surface area (Å²) in [5.74, 6) is 0.345. The minimum atomic E-state index is -0.588. The van der Waals surface area contributed by atoms with Gasteiger partial charge in [-0.1, -0.05) is 26.0 Å². The molecule has 0 fully saturated rings. The van der Waals surface area contributed by atoms with Crippen LogP contribution in [0.15, 0.2) is 47.6 Å². The number of aromatic hydroxyl groups is 1. The molecule has 1 amide bonds. The van der Waals surface area contributed by atoms with Crippen LogP contribution in [0.3, 0.4) is 0 Å². The molecule has 2 rings (SSSR count). The smallest absolute Gasteiger partial charge is 0.277 e. The van der Waals surface area contributed by atoms with Gasteiger partial charge in [0.2, 0.25) is 0 Å². The number of nitro groups is 1. The maximum absolute atomic E-state index is 11.8. The summed E-state index contributed by atoms with van der Waals surface area (Å²) in [6.07, 6.45) is 2.17. The quantitative estimate of drug-likeness (QED) is 0.420. The van der Waals surface area contributed by atoms with Crippen molar-refractivity contribution < 1.29 is 19.6 Å². The number of amides is 1. The van der Waals surface area contributed by atoms with E-state index in [0.717, 1.165) is 18.7 Å². The minimum absolute atomic E-state index is 0.117. The number of non-ortho nitro benzene ring substituents is 1. The van der Waals surface area contributed by atoms with Crippen molar-refractivity contribution in [2.24, 2.45) is 5.10 Å². The Morgan fingerprint density at radius 3 is 2.67 bits per heavy atom. The third kappa shape index (κ3) is 5.81. The lowest BCUT2D eigenvalue weighted by molar-refractivity contribution is -0.384. The normalized spacial score (nSPS) is 11.9. The molecular weight excluding hydrogens is 350 g/mol. The van der Waals surface area contributed by atoms with E-state index in [1.165, 1.54) is 17.7 Å². The van der Waals surface area contributed by atoms with E-state index in [0.29, 0.717) is 11.7 Å². The minimum Gasteiger partial charge on any atom is -0.507 e. The molecule has 0 aliphatic heterocycles. The first-order chi connectivity index (χ1) is 12.9. The largest absolute Gasteiger partial charge is 0.507 e. The van der Waals surface area contributed by atoms with Gasteiger partial charge in [-0.2, -0.15) is 5.10 Å². The van der Waals surface area contributed by atoms with E-state index in [2.05, 4.69) is 24.4 Å². The first-order valence-electron chi connectivity index (χ1n) is 8.42. The molecule has 2 aromatic rings. The molecule has 142 valence electrons. The van der Waals surface area contributed by atoms with Crippen molar-refractivity contribution in [2.75, 3.05) is 6.61 Å². The molecule has 0 aromatic heterocycles. The van der Waals surface area contributed by atoms with Crippen LogP contribution in [0, 0.1) is 10.1 Å². The molecular formula is C19H21N3O5. The molecule has 0 heterocycles. The predicted molar refractivity (Wildman–Crippen MR) is 101 cm³/mol. The Kier molecular flexibility index (Phi) is 6.87. The lowest BCUT2D eigenvalue weighted by Gasteiger charge is -2.10. The average Bonchev–Trinajstić information content (AvgIpc) is 2.67. The summed E-state index contributed by atoms with van der Waals surface area (Å²) in [7, 11) is 0. The van der Waals surface area contributed by atoms with Crippen molar-refractivity contribution in [2.45, 2.75) is 26.2 Å². The topological polar surface area (TPSA) is 114 Å². The second-order valence-corrected chi connectivity index (χ2v) is 5.96. The van der Waals surface area contributed by atoms with Crippen LogP contribution in [0.1, 0.15) is 37.3 Å². The first kappa shape index (κ1) is 19.9. The van der Waals surface area contributed by atoms with Crippen LogP contribution >= 0.6 is 0 Å². The van der Waals surface area contributed by atoms with E-state index in [4.69, 9.17) is 4.74 Å². The SMILES string of the molecule is CC[C@@H](C)c1ccc(OCC(=O)N/N=C/c2cc([N+](=O)[O-])ccc2O)cc1. The summed E-state index contributed by atoms with van der Waals surface area (Å²) in [5.41, 5.74) is 3.37. The summed E-state index contributed by atoms with van der Waals surface area (Å²) in [5, 5.41) is 24.1. The third-order valence-corrected chi connectivity index (χ3v) is 4.05. The van der Waals surface area contributed by atoms with Gasteiger partial charge >= 0.3 is 0 Å². The van der Waals surface area contributed by atoms with Gasteiger partial charge in [0.1, 0.15) is 11.5 Å². The number of rotatable bonds is 8. The van der Waals surface area contributed by atoms with Crippen LogP contribution in [-0.2, 0) is 4.79 Å². The van der Waals surface area contributed by atoms with E-state index in [9.17, 15) is 20.0 Å². The second kappa shape index (κ2) is 9.33. The van der Waals surface area contributed by atoms with E-state index in [1.807, 2.05) is 12.1 Å². The molecule has 2 aromatic carbocycles. The van der Waals surface area contributed by atoms with E-state index in [1.54, 1.807) is 12.1 Å². The van der Waals surface area contributed by atoms with Crippen LogP contribution in [0.2, 0.25) is 0 Å². The number of carbonyl (C=O) groups is 1. The average molecular weight is 371 g/mol. The van der Waals surface area contributed by atoms with Gasteiger partial charge in [-0.15, -0.1) is 0 Å². The number of hydrogen-bond acceptors (Lipinski definition) is 6. The lowest BCUT2D eigenvalue weighted by atomic mass is 9.99. The molecule has 2 N–H and O–H groups in total. The number of ether oxygens (including phenoxy) is 1. The molecule has 0 unspecified atom stereocenters. The van der Waals surface area contributed by atoms with Crippen molar-refractivity contribution in [1.29, 1.82) is 0 Å². The zero-order valence-electron chi connectivity index (χ0n) is 15.1. The van der Waals surface area contributed by atoms with Crippen molar-refractivity contribution in [3.05, 3.63) is 63.7 Å². The fraction of sp³-hybridized carbons (Fsp3) is 0.263. The Balaban J connectivity index is 1.87. The number of hydrazone groups is 1. The second-order valence-electron chi connectivity index (χ2n) is 5.96. The molecule has 0 spiro atoms. The van der Waals surface area contributed by atoms with E-state index >= 15 is 0 Å². The van der Waals surface area contributed by atoms with Crippen LogP contribution in [0.25, 0.3) is 0 Å². The molecule has 0 saturated carbocycles. The van der Waals surface area contributed by atoms with Gasteiger partial charge in [0.15, 0.2) is 6.61 Å². The van der Waals surface area contributed by atoms with Crippen LogP contribution in [0.5, 0.6) is 11.5 Å². The monoisotopic (exact) mass is 371 g/mol. The highest BCUT2D eigenvalue weighted by Gasteiger charge is 2.09. The lowest BCUT2D eigenvalue weighted by Crippen LogP contribution is -2.24. The summed E-state index contributed by atoms with van der Waals surface area (Å²) >= 11 is 0. The first-order valence-corrected chi connectivity index (χ1v) is 8.42. The number of phenolic OH excluding ortho intramolecular Hbond substituents is 1. The number of nitrogens with one attached hydrogen (secondary N) is 1. The maximum Gasteiger partial charge on any atom is 0.277 e. The van der Waals surface area contributed by atoms with Crippen molar-refractivity contribution in [3.8, 4) is 11.5 Å². The van der Waals surface area contributed by atoms with Gasteiger partial charge < -0.3 is 9.84 Å². The molecule has 0 aliphatic rings. The van der Waals surface area contributed by atoms with Crippen molar-refractivity contribution in [1.82, 2.24) is 5.43 Å². The molecule has 0 bridgehead atoms. The summed E-state index contributed by atoms with van der Waals surface area (Å²) in [6, 6.07) is 11.0. The summed E-state index contributed by atoms with van der Waals surface area (Å²) in [4.78, 5) is 21.9. The fourth-order valence-electron chi connectivity index (χ4n) is 2.24. The van der Waals surface area contributed by atoms with Gasteiger partial charge in [0, 0.05) is 17.7 Å². The molecule has 0 aliphatic carbocycles. The Bertz CT molecular complexity index is 834. The number of hydrogen-bond donors (Lipinski definition) is 2. The van der Waals surface area contributed by atoms with Gasteiger partial charge in [-0.3, -0.25) is 14.9 Å². The predicted octanol–water partition coefficient (Wildman–Crippen LogP) is 3.34.